The van der Waals surface area contributed by atoms with Crippen LogP contribution in [0.1, 0.15) is 0 Å². The Hall–Kier alpha value is 2.20. The van der Waals surface area contributed by atoms with Gasteiger partial charge in [-0.3, -0.25) is 0 Å². The molecule has 8 heteroatoms. The molecule has 0 saturated heterocycles. The molecule has 0 aromatic rings. The predicted octanol–water partition coefficient (Wildman–Crippen LogP) is -5.04. The van der Waals surface area contributed by atoms with Crippen LogP contribution in [-0.2, 0) is 44.8 Å². The molecule has 0 aliphatic heterocycles. The second kappa shape index (κ2) is 128. The van der Waals surface area contributed by atoms with Gasteiger partial charge in [0.2, 0.25) is 0 Å². The maximum atomic E-state index is 0. The van der Waals surface area contributed by atoms with Crippen molar-refractivity contribution in [3.8, 4) is 0 Å². The van der Waals surface area contributed by atoms with Crippen LogP contribution in [0.5, 0.6) is 0 Å². The molecule has 0 aliphatic rings. The first-order valence-corrected chi connectivity index (χ1v) is 0. The second-order valence-electron chi connectivity index (χ2n) is 0. The number of rotatable bonds is 0. The minimum atomic E-state index is 0. The Bertz CT molecular complexity index is 10.4. The third-order valence-corrected chi connectivity index (χ3v) is 0. The van der Waals surface area contributed by atoms with E-state index in [0.717, 1.165) is 0 Å². The number of hydrogen-bond donors (Lipinski definition) is 0. The van der Waals surface area contributed by atoms with Gasteiger partial charge < -0.3 is 27.4 Å². The normalized spacial score (nSPS) is 0. The van der Waals surface area contributed by atoms with Crippen molar-refractivity contribution < 1.29 is 72.1 Å². The van der Waals surface area contributed by atoms with E-state index in [9.17, 15) is 0 Å². The summed E-state index contributed by atoms with van der Waals surface area (Å²) in [4.78, 5) is 0. The van der Waals surface area contributed by atoms with Gasteiger partial charge in [-0.25, -0.2) is 0 Å². The first-order chi connectivity index (χ1) is 0. The van der Waals surface area contributed by atoms with Crippen LogP contribution in [0, 0.1) is 0 Å². The molecule has 0 amide bonds. The van der Waals surface area contributed by atoms with Crippen LogP contribution in [0.3, 0.4) is 0 Å². The Morgan fingerprint density at radius 1 is 0.375 bits per heavy atom. The fraction of sp³-hybridized carbons (Fsp3) is 0. The van der Waals surface area contributed by atoms with Crippen molar-refractivity contribution >= 4 is 27.3 Å². The van der Waals surface area contributed by atoms with E-state index < -0.39 is 0 Å². The molecule has 0 rings (SSSR count). The average Bonchev–Trinajstić information content (AvgIpc) is 0. The van der Waals surface area contributed by atoms with E-state index >= 15 is 0 Å². The van der Waals surface area contributed by atoms with Crippen molar-refractivity contribution in [2.75, 3.05) is 0 Å². The third-order valence-electron chi connectivity index (χ3n) is 0. The molecule has 0 bridgehead atoms. The smallest absolute Gasteiger partial charge is 0 e. The van der Waals surface area contributed by atoms with E-state index in [2.05, 4.69) is 0 Å². The molecule has 56 valence electrons. The molecule has 8 heavy (non-hydrogen) atoms. The summed E-state index contributed by atoms with van der Waals surface area (Å²) in [6, 6.07) is 0. The molecule has 0 aliphatic carbocycles. The molecule has 0 aromatic heterocycles. The van der Waals surface area contributed by atoms with E-state index in [1.54, 1.807) is 0 Å². The molecule has 10 N–H and O–H groups in total. The second-order valence-corrected chi connectivity index (χ2v) is 0. The standard InChI is InChI=1S/5H2O.Pb.2Ta.2H/h5*1H2;;;;;. The fourth-order valence-electron chi connectivity index (χ4n) is 0. The maximum Gasteiger partial charge on any atom is 0 e. The van der Waals surface area contributed by atoms with E-state index in [1.807, 2.05) is 0 Å². The summed E-state index contributed by atoms with van der Waals surface area (Å²) in [5.74, 6) is 0. The summed E-state index contributed by atoms with van der Waals surface area (Å²) in [6.07, 6.45) is 0. The molecule has 4 radical (unpaired) electrons. The van der Waals surface area contributed by atoms with Gasteiger partial charge >= 0.3 is 27.3 Å². The Kier molecular flexibility index (Phi) is 2840. The topological polar surface area (TPSA) is 158 Å². The van der Waals surface area contributed by atoms with Crippen molar-refractivity contribution in [3.05, 3.63) is 0 Å². The molecule has 5 nitrogen and oxygen atoms in total. The van der Waals surface area contributed by atoms with Crippen LogP contribution < -0.4 is 0 Å². The largest absolute Gasteiger partial charge is 0 e. The molecule has 0 saturated carbocycles. The zero-order valence-corrected chi connectivity index (χ0v) is 16.0. The fourth-order valence-corrected chi connectivity index (χ4v) is 0. The summed E-state index contributed by atoms with van der Waals surface area (Å²) in [5, 5.41) is 0. The molecular formula is H12O5PbTa2. The van der Waals surface area contributed by atoms with Gasteiger partial charge in [-0.1, -0.05) is 0 Å². The molecule has 0 unspecified atom stereocenters. The maximum absolute atomic E-state index is 0. The van der Waals surface area contributed by atoms with Crippen molar-refractivity contribution in [1.82, 2.24) is 0 Å². The quantitative estimate of drug-likeness (QED) is 0.228. The van der Waals surface area contributed by atoms with Gasteiger partial charge in [-0.15, -0.1) is 0 Å². The summed E-state index contributed by atoms with van der Waals surface area (Å²) in [6.45, 7) is 0. The Labute approximate surface area is 98.3 Å². The Morgan fingerprint density at radius 3 is 0.375 bits per heavy atom. The van der Waals surface area contributed by atoms with Gasteiger partial charge in [-0.05, 0) is 0 Å². The van der Waals surface area contributed by atoms with Crippen molar-refractivity contribution in [2.45, 2.75) is 0 Å². The monoisotopic (exact) mass is 662 g/mol. The molecule has 0 spiro atoms. The number of hydrogen-bond acceptors (Lipinski definition) is 0. The Morgan fingerprint density at radius 2 is 0.375 bits per heavy atom. The van der Waals surface area contributed by atoms with E-state index in [1.165, 1.54) is 0 Å². The molecule has 0 atom stereocenters. The van der Waals surface area contributed by atoms with E-state index in [-0.39, 0.29) is 99.4 Å². The van der Waals surface area contributed by atoms with Crippen LogP contribution in [0.15, 0.2) is 0 Å². The van der Waals surface area contributed by atoms with Gasteiger partial charge in [0, 0.05) is 44.8 Å². The van der Waals surface area contributed by atoms with Gasteiger partial charge in [0.25, 0.3) is 0 Å². The third kappa shape index (κ3) is 87.7. The summed E-state index contributed by atoms with van der Waals surface area (Å²) in [5.41, 5.74) is 0. The van der Waals surface area contributed by atoms with Gasteiger partial charge in [-0.2, -0.15) is 0 Å². The van der Waals surface area contributed by atoms with E-state index in [4.69, 9.17) is 0 Å². The van der Waals surface area contributed by atoms with Crippen LogP contribution in [-0.4, -0.2) is 54.7 Å². The summed E-state index contributed by atoms with van der Waals surface area (Å²) >= 11 is 0. The Balaban J connectivity index is 0. The SMILES string of the molecule is O.O.O.O.O.[PbH2].[Ta].[Ta]. The van der Waals surface area contributed by atoms with Crippen molar-refractivity contribution in [3.63, 3.8) is 0 Å². The van der Waals surface area contributed by atoms with E-state index in [0.29, 0.717) is 0 Å². The van der Waals surface area contributed by atoms with Crippen LogP contribution in [0.4, 0.5) is 0 Å². The molecular weight excluding hydrogens is 649 g/mol. The minimum Gasteiger partial charge on any atom is 0 e. The first-order valence-electron chi connectivity index (χ1n) is 0. The van der Waals surface area contributed by atoms with Crippen LogP contribution in [0.25, 0.3) is 0 Å². The predicted molar refractivity (Wildman–Crippen MR) is 26.6 cm³/mol. The minimum absolute atomic E-state index is 0. The van der Waals surface area contributed by atoms with Crippen molar-refractivity contribution in [2.24, 2.45) is 0 Å². The van der Waals surface area contributed by atoms with Crippen molar-refractivity contribution in [1.29, 1.82) is 0 Å². The average molecular weight is 661 g/mol. The van der Waals surface area contributed by atoms with Gasteiger partial charge in [0.05, 0.1) is 0 Å². The van der Waals surface area contributed by atoms with Crippen LogP contribution in [0.2, 0.25) is 0 Å². The first kappa shape index (κ1) is 178. The van der Waals surface area contributed by atoms with Gasteiger partial charge in [0.15, 0.2) is 0 Å². The molecule has 0 aromatic carbocycles. The summed E-state index contributed by atoms with van der Waals surface area (Å²) < 4.78 is 0. The summed E-state index contributed by atoms with van der Waals surface area (Å²) in [7, 11) is 0. The zero-order valence-electron chi connectivity index (χ0n) is 4.10. The van der Waals surface area contributed by atoms with Crippen LogP contribution >= 0.6 is 0 Å². The molecule has 0 fully saturated rings. The van der Waals surface area contributed by atoms with Gasteiger partial charge in [0.1, 0.15) is 0 Å². The zero-order chi connectivity index (χ0) is 0. The molecule has 0 heterocycles.